The molecule has 0 bridgehead atoms. The fraction of sp³-hybridized carbons (Fsp3) is 1.00. The minimum Gasteiger partial charge on any atom is -0.394 e. The molecule has 3 atom stereocenters. The molecule has 0 heterocycles. The first-order valence-electron chi connectivity index (χ1n) is 15.0. The van der Waals surface area contributed by atoms with Crippen LogP contribution in [-0.2, 0) is 23.1 Å². The average Bonchev–Trinajstić information content (AvgIpc) is 2.89. The Kier molecular flexibility index (Phi) is 27.5. The highest BCUT2D eigenvalue weighted by atomic mass is 31.2. The van der Waals surface area contributed by atoms with Crippen molar-refractivity contribution >= 4 is 7.82 Å². The molecule has 9 heteroatoms. The largest absolute Gasteiger partial charge is 0.472 e. The van der Waals surface area contributed by atoms with E-state index in [1.54, 1.807) is 0 Å². The maximum absolute atomic E-state index is 11.9. The van der Waals surface area contributed by atoms with Crippen molar-refractivity contribution in [2.24, 2.45) is 0 Å². The Bertz CT molecular complexity index is 509. The first-order valence-corrected chi connectivity index (χ1v) is 16.5. The van der Waals surface area contributed by atoms with Gasteiger partial charge in [-0.15, -0.1) is 0 Å². The molecule has 0 aromatic rings. The molecule has 8 nitrogen and oxygen atoms in total. The second kappa shape index (κ2) is 27.5. The minimum atomic E-state index is -4.10. The molecule has 224 valence electrons. The van der Waals surface area contributed by atoms with Crippen molar-refractivity contribution in [3.8, 4) is 0 Å². The van der Waals surface area contributed by atoms with E-state index in [4.69, 9.17) is 23.6 Å². The van der Waals surface area contributed by atoms with Crippen LogP contribution in [0.3, 0.4) is 0 Å². The first-order chi connectivity index (χ1) is 17.9. The minimum absolute atomic E-state index is 0.0878. The van der Waals surface area contributed by atoms with E-state index < -0.39 is 20.0 Å². The van der Waals surface area contributed by atoms with Crippen molar-refractivity contribution in [1.82, 2.24) is 0 Å². The molecule has 37 heavy (non-hydrogen) atoms. The van der Waals surface area contributed by atoms with E-state index in [0.717, 1.165) is 12.8 Å². The Hall–Kier alpha value is -0.0500. The van der Waals surface area contributed by atoms with Gasteiger partial charge in [0.05, 0.1) is 32.5 Å². The molecule has 0 saturated heterocycles. The fourth-order valence-corrected chi connectivity index (χ4v) is 4.84. The summed E-state index contributed by atoms with van der Waals surface area (Å²) < 4.78 is 33.5. The lowest BCUT2D eigenvalue weighted by atomic mass is 10.0. The number of phosphoric acid groups is 1. The number of rotatable bonds is 30. The zero-order valence-corrected chi connectivity index (χ0v) is 24.8. The lowest BCUT2D eigenvalue weighted by Gasteiger charge is -2.20. The predicted molar refractivity (Wildman–Crippen MR) is 150 cm³/mol. The fourth-order valence-electron chi connectivity index (χ4n) is 4.00. The molecule has 0 amide bonds. The molecule has 0 aromatic heterocycles. The molecule has 0 aliphatic rings. The highest BCUT2D eigenvalue weighted by Crippen LogP contribution is 2.43. The summed E-state index contributed by atoms with van der Waals surface area (Å²) >= 11 is 0. The van der Waals surface area contributed by atoms with Gasteiger partial charge in [-0.05, 0) is 32.1 Å². The third-order valence-electron chi connectivity index (χ3n) is 6.32. The molecule has 0 rings (SSSR count). The first kappa shape index (κ1) is 37.0. The quantitative estimate of drug-likeness (QED) is 0.0646. The predicted octanol–water partition coefficient (Wildman–Crippen LogP) is 6.94. The van der Waals surface area contributed by atoms with Crippen LogP contribution in [-0.4, -0.2) is 67.0 Å². The van der Waals surface area contributed by atoms with Gasteiger partial charge in [0, 0.05) is 13.2 Å². The SMILES string of the molecule is CCCCCCCCCCCCCCCCOCC(COP(=O)(O)OCCC)OCCCCC(O)CO. The van der Waals surface area contributed by atoms with Crippen molar-refractivity contribution in [1.29, 1.82) is 0 Å². The number of ether oxygens (including phenoxy) is 2. The van der Waals surface area contributed by atoms with Gasteiger partial charge in [-0.3, -0.25) is 9.05 Å². The lowest BCUT2D eigenvalue weighted by Crippen LogP contribution is -2.26. The van der Waals surface area contributed by atoms with E-state index in [0.29, 0.717) is 38.9 Å². The molecule has 0 aliphatic heterocycles. The molecule has 3 unspecified atom stereocenters. The van der Waals surface area contributed by atoms with Crippen molar-refractivity contribution in [2.45, 2.75) is 142 Å². The summed E-state index contributed by atoms with van der Waals surface area (Å²) in [5, 5.41) is 18.3. The molecular formula is C28H59O8P. The highest BCUT2D eigenvalue weighted by Gasteiger charge is 2.23. The van der Waals surface area contributed by atoms with Gasteiger partial charge in [0.1, 0.15) is 6.10 Å². The van der Waals surface area contributed by atoms with Crippen LogP contribution in [0.5, 0.6) is 0 Å². The normalized spacial score (nSPS) is 15.1. The molecule has 0 saturated carbocycles. The Morgan fingerprint density at radius 3 is 1.73 bits per heavy atom. The van der Waals surface area contributed by atoms with E-state index in [1.165, 1.54) is 77.0 Å². The van der Waals surface area contributed by atoms with Crippen LogP contribution in [0.1, 0.15) is 129 Å². The summed E-state index contributed by atoms with van der Waals surface area (Å²) in [6, 6.07) is 0. The summed E-state index contributed by atoms with van der Waals surface area (Å²) in [7, 11) is -4.10. The molecule has 0 aliphatic carbocycles. The van der Waals surface area contributed by atoms with Gasteiger partial charge in [0.25, 0.3) is 0 Å². The van der Waals surface area contributed by atoms with Gasteiger partial charge in [-0.25, -0.2) is 4.57 Å². The van der Waals surface area contributed by atoms with Crippen LogP contribution in [0.25, 0.3) is 0 Å². The monoisotopic (exact) mass is 554 g/mol. The van der Waals surface area contributed by atoms with Crippen LogP contribution < -0.4 is 0 Å². The van der Waals surface area contributed by atoms with Crippen LogP contribution in [0, 0.1) is 0 Å². The standard InChI is InChI=1S/C28H59O8P/c1-3-5-6-7-8-9-10-11-12-13-14-15-16-18-22-33-25-28(26-36-37(31,32)35-21-4-2)34-23-19-17-20-27(30)24-29/h27-30H,3-26H2,1-2H3,(H,31,32). The second-order valence-corrected chi connectivity index (χ2v) is 11.5. The molecule has 0 aromatic carbocycles. The second-order valence-electron chi connectivity index (χ2n) is 10.1. The third-order valence-corrected chi connectivity index (χ3v) is 7.31. The van der Waals surface area contributed by atoms with Gasteiger partial charge in [0.15, 0.2) is 0 Å². The van der Waals surface area contributed by atoms with Crippen molar-refractivity contribution in [3.05, 3.63) is 0 Å². The van der Waals surface area contributed by atoms with E-state index in [2.05, 4.69) is 6.92 Å². The average molecular weight is 555 g/mol. The summed E-state index contributed by atoms with van der Waals surface area (Å²) in [6.07, 6.45) is 19.7. The van der Waals surface area contributed by atoms with Gasteiger partial charge < -0.3 is 24.6 Å². The van der Waals surface area contributed by atoms with Crippen LogP contribution in [0.4, 0.5) is 0 Å². The number of hydrogen-bond donors (Lipinski definition) is 3. The topological polar surface area (TPSA) is 115 Å². The Balaban J connectivity index is 3.89. The summed E-state index contributed by atoms with van der Waals surface area (Å²) in [5.41, 5.74) is 0. The Labute approximate surface area is 227 Å². The zero-order valence-electron chi connectivity index (χ0n) is 24.0. The number of aliphatic hydroxyl groups is 2. The number of phosphoric ester groups is 1. The number of hydrogen-bond acceptors (Lipinski definition) is 7. The van der Waals surface area contributed by atoms with E-state index in [-0.39, 0.29) is 26.4 Å². The third kappa shape index (κ3) is 27.3. The maximum atomic E-state index is 11.9. The lowest BCUT2D eigenvalue weighted by molar-refractivity contribution is -0.0449. The van der Waals surface area contributed by atoms with E-state index in [9.17, 15) is 14.6 Å². The molecular weight excluding hydrogens is 495 g/mol. The smallest absolute Gasteiger partial charge is 0.394 e. The van der Waals surface area contributed by atoms with Crippen LogP contribution >= 0.6 is 7.82 Å². The number of unbranched alkanes of at least 4 members (excludes halogenated alkanes) is 14. The number of aliphatic hydroxyl groups excluding tert-OH is 2. The van der Waals surface area contributed by atoms with Crippen molar-refractivity contribution < 1.29 is 38.2 Å². The van der Waals surface area contributed by atoms with Gasteiger partial charge in [-0.1, -0.05) is 97.3 Å². The van der Waals surface area contributed by atoms with Crippen LogP contribution in [0.2, 0.25) is 0 Å². The van der Waals surface area contributed by atoms with Gasteiger partial charge in [-0.2, -0.15) is 0 Å². The molecule has 0 radical (unpaired) electrons. The van der Waals surface area contributed by atoms with E-state index in [1.807, 2.05) is 6.92 Å². The van der Waals surface area contributed by atoms with Crippen molar-refractivity contribution in [3.63, 3.8) is 0 Å². The van der Waals surface area contributed by atoms with E-state index >= 15 is 0 Å². The summed E-state index contributed by atoms with van der Waals surface area (Å²) in [6.45, 7) is 5.27. The molecule has 3 N–H and O–H groups in total. The zero-order chi connectivity index (χ0) is 27.5. The van der Waals surface area contributed by atoms with Crippen molar-refractivity contribution in [2.75, 3.05) is 39.6 Å². The van der Waals surface area contributed by atoms with Gasteiger partial charge >= 0.3 is 7.82 Å². The summed E-state index contributed by atoms with van der Waals surface area (Å²) in [5.74, 6) is 0. The molecule has 0 fully saturated rings. The Morgan fingerprint density at radius 2 is 1.19 bits per heavy atom. The molecule has 0 spiro atoms. The highest BCUT2D eigenvalue weighted by molar-refractivity contribution is 7.47. The van der Waals surface area contributed by atoms with Crippen LogP contribution in [0.15, 0.2) is 0 Å². The summed E-state index contributed by atoms with van der Waals surface area (Å²) in [4.78, 5) is 9.77. The van der Waals surface area contributed by atoms with Gasteiger partial charge in [0.2, 0.25) is 0 Å². The Morgan fingerprint density at radius 1 is 0.649 bits per heavy atom. The maximum Gasteiger partial charge on any atom is 0.472 e.